The van der Waals surface area contributed by atoms with Crippen LogP contribution in [0.15, 0.2) is 84.9 Å². The number of rotatable bonds is 11. The minimum atomic E-state index is -0.307. The Morgan fingerprint density at radius 1 is 0.657 bits per heavy atom. The molecular formula is C30H36O5. The molecule has 35 heavy (non-hydrogen) atoms. The molecule has 4 rings (SSSR count). The van der Waals surface area contributed by atoms with Crippen LogP contribution in [0.4, 0.5) is 0 Å². The maximum atomic E-state index is 10.2. The summed E-state index contributed by atoms with van der Waals surface area (Å²) in [5.74, 6) is 1.00. The summed E-state index contributed by atoms with van der Waals surface area (Å²) in [5, 5.41) is 10.2. The highest BCUT2D eigenvalue weighted by molar-refractivity contribution is 5.26. The van der Waals surface area contributed by atoms with Crippen LogP contribution >= 0.6 is 0 Å². The van der Waals surface area contributed by atoms with Crippen molar-refractivity contribution in [1.82, 2.24) is 0 Å². The zero-order chi connectivity index (χ0) is 24.5. The molecule has 3 aromatic carbocycles. The summed E-state index contributed by atoms with van der Waals surface area (Å²) in [6.45, 7) is 3.63. The van der Waals surface area contributed by atoms with Gasteiger partial charge in [-0.2, -0.15) is 0 Å². The van der Waals surface area contributed by atoms with Gasteiger partial charge in [-0.3, -0.25) is 0 Å². The number of hydrogen-bond acceptors (Lipinski definition) is 5. The predicted molar refractivity (Wildman–Crippen MR) is 136 cm³/mol. The molecule has 0 aromatic heterocycles. The van der Waals surface area contributed by atoms with Gasteiger partial charge in [0.1, 0.15) is 11.9 Å². The number of hydrogen-bond donors (Lipinski definition) is 1. The van der Waals surface area contributed by atoms with Crippen LogP contribution in [-0.4, -0.2) is 37.1 Å². The molecule has 0 unspecified atom stereocenters. The normalized spacial score (nSPS) is 24.3. The Bertz CT molecular complexity index is 992. The second-order valence-corrected chi connectivity index (χ2v) is 9.30. The van der Waals surface area contributed by atoms with E-state index in [2.05, 4.69) is 31.2 Å². The molecule has 5 heteroatoms. The summed E-state index contributed by atoms with van der Waals surface area (Å²) in [4.78, 5) is 0. The third-order valence-corrected chi connectivity index (χ3v) is 6.75. The molecule has 0 amide bonds. The maximum absolute atomic E-state index is 10.2. The first-order chi connectivity index (χ1) is 17.2. The van der Waals surface area contributed by atoms with Crippen molar-refractivity contribution in [3.05, 3.63) is 102 Å². The number of benzene rings is 3. The van der Waals surface area contributed by atoms with Crippen molar-refractivity contribution >= 4 is 0 Å². The summed E-state index contributed by atoms with van der Waals surface area (Å²) in [5.41, 5.74) is 3.27. The van der Waals surface area contributed by atoms with Gasteiger partial charge in [0.15, 0.2) is 0 Å². The van der Waals surface area contributed by atoms with Gasteiger partial charge >= 0.3 is 0 Å². The van der Waals surface area contributed by atoms with Gasteiger partial charge in [0.25, 0.3) is 0 Å². The van der Waals surface area contributed by atoms with E-state index in [9.17, 15) is 5.11 Å². The molecule has 0 heterocycles. The average Bonchev–Trinajstić information content (AvgIpc) is 2.91. The smallest absolute Gasteiger partial charge is 0.118 e. The molecule has 0 spiro atoms. The minimum Gasteiger partial charge on any atom is -0.497 e. The lowest BCUT2D eigenvalue weighted by atomic mass is 9.76. The first kappa shape index (κ1) is 25.4. The van der Waals surface area contributed by atoms with Crippen molar-refractivity contribution in [1.29, 1.82) is 0 Å². The Kier molecular flexibility index (Phi) is 9.32. The summed E-state index contributed by atoms with van der Waals surface area (Å²) in [7, 11) is 1.66. The minimum absolute atomic E-state index is 0.0272. The Labute approximate surface area is 208 Å². The van der Waals surface area contributed by atoms with Gasteiger partial charge in [-0.1, -0.05) is 79.7 Å². The molecule has 1 saturated carbocycles. The van der Waals surface area contributed by atoms with Crippen LogP contribution < -0.4 is 4.74 Å². The van der Waals surface area contributed by atoms with E-state index < -0.39 is 0 Å². The quantitative estimate of drug-likeness (QED) is 0.402. The van der Waals surface area contributed by atoms with Crippen molar-refractivity contribution in [3.63, 3.8) is 0 Å². The van der Waals surface area contributed by atoms with Crippen LogP contribution in [0.2, 0.25) is 0 Å². The topological polar surface area (TPSA) is 57.2 Å². The Balaban J connectivity index is 1.52. The van der Waals surface area contributed by atoms with E-state index >= 15 is 0 Å². The molecule has 0 bridgehead atoms. The number of ether oxygens (including phenoxy) is 4. The molecule has 186 valence electrons. The van der Waals surface area contributed by atoms with E-state index in [4.69, 9.17) is 18.9 Å². The lowest BCUT2D eigenvalue weighted by molar-refractivity contribution is -0.207. The standard InChI is InChI=1S/C30H36O5/c1-22-17-26(18-31)29(34-21-25-13-15-27(32-2)16-14-25)30(35-20-24-11-7-4-8-12-24)28(22)33-19-23-9-5-3-6-10-23/h3-16,22,26,28-31H,17-21H2,1-2H3/t22-,26-,28+,29-,30-/m1/s1. The van der Waals surface area contributed by atoms with Crippen molar-refractivity contribution in [2.75, 3.05) is 13.7 Å². The van der Waals surface area contributed by atoms with Gasteiger partial charge in [0.2, 0.25) is 0 Å². The van der Waals surface area contributed by atoms with E-state index in [0.717, 1.165) is 28.9 Å². The van der Waals surface area contributed by atoms with Crippen molar-refractivity contribution in [2.45, 2.75) is 51.5 Å². The van der Waals surface area contributed by atoms with Crippen LogP contribution in [0.3, 0.4) is 0 Å². The number of aliphatic hydroxyl groups excluding tert-OH is 1. The van der Waals surface area contributed by atoms with E-state index in [1.54, 1.807) is 7.11 Å². The van der Waals surface area contributed by atoms with Gasteiger partial charge in [-0.05, 0) is 41.2 Å². The van der Waals surface area contributed by atoms with Gasteiger partial charge < -0.3 is 24.1 Å². The number of aliphatic hydroxyl groups is 1. The first-order valence-corrected chi connectivity index (χ1v) is 12.3. The second-order valence-electron chi connectivity index (χ2n) is 9.30. The van der Waals surface area contributed by atoms with E-state index in [0.29, 0.717) is 19.8 Å². The van der Waals surface area contributed by atoms with Crippen LogP contribution in [0.25, 0.3) is 0 Å². The van der Waals surface area contributed by atoms with Crippen molar-refractivity contribution in [3.8, 4) is 5.75 Å². The zero-order valence-corrected chi connectivity index (χ0v) is 20.6. The maximum Gasteiger partial charge on any atom is 0.118 e. The fraction of sp³-hybridized carbons (Fsp3) is 0.400. The summed E-state index contributed by atoms with van der Waals surface area (Å²) in [6, 6.07) is 28.2. The van der Waals surface area contributed by atoms with Gasteiger partial charge in [0, 0.05) is 12.5 Å². The Morgan fingerprint density at radius 2 is 1.14 bits per heavy atom. The Hall–Kier alpha value is -2.70. The second kappa shape index (κ2) is 12.8. The molecule has 0 radical (unpaired) electrons. The predicted octanol–water partition coefficient (Wildman–Crippen LogP) is 5.40. The summed E-state index contributed by atoms with van der Waals surface area (Å²) in [6.07, 6.45) is 0.0671. The van der Waals surface area contributed by atoms with Crippen LogP contribution in [0.5, 0.6) is 5.75 Å². The van der Waals surface area contributed by atoms with Crippen LogP contribution in [-0.2, 0) is 34.0 Å². The molecule has 5 nitrogen and oxygen atoms in total. The highest BCUT2D eigenvalue weighted by Gasteiger charge is 2.45. The average molecular weight is 477 g/mol. The number of methoxy groups -OCH3 is 1. The zero-order valence-electron chi connectivity index (χ0n) is 20.6. The van der Waals surface area contributed by atoms with Gasteiger partial charge in [-0.15, -0.1) is 0 Å². The first-order valence-electron chi connectivity index (χ1n) is 12.3. The highest BCUT2D eigenvalue weighted by Crippen LogP contribution is 2.36. The summed E-state index contributed by atoms with van der Waals surface area (Å²) < 4.78 is 24.8. The van der Waals surface area contributed by atoms with Crippen molar-refractivity contribution < 1.29 is 24.1 Å². The van der Waals surface area contributed by atoms with Gasteiger partial charge in [0.05, 0.1) is 39.1 Å². The Morgan fingerprint density at radius 3 is 1.66 bits per heavy atom. The SMILES string of the molecule is COc1ccc(CO[C@@H]2[C@@H](CO)C[C@@H](C)[C@H](OCc3ccccc3)[C@H]2OCc2ccccc2)cc1. The molecule has 3 aromatic rings. The van der Waals surface area contributed by atoms with E-state index in [1.807, 2.05) is 60.7 Å². The fourth-order valence-corrected chi connectivity index (χ4v) is 4.83. The monoisotopic (exact) mass is 476 g/mol. The molecule has 0 saturated heterocycles. The largest absolute Gasteiger partial charge is 0.497 e. The lowest BCUT2D eigenvalue weighted by Gasteiger charge is -2.45. The molecule has 1 fully saturated rings. The molecule has 0 aliphatic heterocycles. The van der Waals surface area contributed by atoms with Crippen LogP contribution in [0.1, 0.15) is 30.0 Å². The van der Waals surface area contributed by atoms with E-state index in [-0.39, 0.29) is 36.8 Å². The third-order valence-electron chi connectivity index (χ3n) is 6.75. The van der Waals surface area contributed by atoms with Crippen LogP contribution in [0, 0.1) is 11.8 Å². The summed E-state index contributed by atoms with van der Waals surface area (Å²) >= 11 is 0. The van der Waals surface area contributed by atoms with Crippen molar-refractivity contribution in [2.24, 2.45) is 11.8 Å². The molecule has 1 aliphatic carbocycles. The fourth-order valence-electron chi connectivity index (χ4n) is 4.83. The third kappa shape index (κ3) is 6.92. The highest BCUT2D eigenvalue weighted by atomic mass is 16.6. The van der Waals surface area contributed by atoms with E-state index in [1.165, 1.54) is 0 Å². The van der Waals surface area contributed by atoms with Gasteiger partial charge in [-0.25, -0.2) is 0 Å². The molecular weight excluding hydrogens is 440 g/mol. The molecule has 1 aliphatic rings. The lowest BCUT2D eigenvalue weighted by Crippen LogP contribution is -2.54. The molecule has 1 N–H and O–H groups in total. The molecule has 5 atom stereocenters.